The van der Waals surface area contributed by atoms with Crippen molar-refractivity contribution in [3.63, 3.8) is 0 Å². The second kappa shape index (κ2) is 6.94. The lowest BCUT2D eigenvalue weighted by molar-refractivity contribution is 0.240. The maximum atomic E-state index is 11.7. The number of hydrogen-bond donors (Lipinski definition) is 1. The summed E-state index contributed by atoms with van der Waals surface area (Å²) in [6.45, 7) is 3.38. The van der Waals surface area contributed by atoms with E-state index in [4.69, 9.17) is 4.42 Å². The van der Waals surface area contributed by atoms with Crippen LogP contribution in [0.3, 0.4) is 0 Å². The molecule has 5 nitrogen and oxygen atoms in total. The molecule has 2 unspecified atom stereocenters. The molecular weight excluding hydrogens is 288 g/mol. The second-order valence-corrected chi connectivity index (χ2v) is 7.84. The summed E-state index contributed by atoms with van der Waals surface area (Å²) in [6.07, 6.45) is 6.89. The molecule has 0 radical (unpaired) electrons. The van der Waals surface area contributed by atoms with Gasteiger partial charge in [0.2, 0.25) is 10.0 Å². The van der Waals surface area contributed by atoms with Gasteiger partial charge in [-0.1, -0.05) is 6.92 Å². The smallest absolute Gasteiger partial charge is 0.211 e. The molecule has 2 atom stereocenters. The van der Waals surface area contributed by atoms with Crippen molar-refractivity contribution in [3.05, 3.63) is 23.7 Å². The van der Waals surface area contributed by atoms with Crippen LogP contribution in [-0.2, 0) is 16.4 Å². The van der Waals surface area contributed by atoms with Gasteiger partial charge in [0, 0.05) is 31.1 Å². The molecule has 2 heterocycles. The minimum Gasteiger partial charge on any atom is -0.469 e. The Labute approximate surface area is 127 Å². The minimum atomic E-state index is -3.07. The van der Waals surface area contributed by atoms with Crippen molar-refractivity contribution in [2.24, 2.45) is 5.92 Å². The zero-order valence-corrected chi connectivity index (χ0v) is 13.9. The van der Waals surface area contributed by atoms with E-state index in [1.807, 2.05) is 13.1 Å². The Balaban J connectivity index is 2.05. The first-order chi connectivity index (χ1) is 9.95. The summed E-state index contributed by atoms with van der Waals surface area (Å²) < 4.78 is 30.6. The lowest BCUT2D eigenvalue weighted by atomic mass is 9.89. The predicted molar refractivity (Wildman–Crippen MR) is 83.6 cm³/mol. The van der Waals surface area contributed by atoms with E-state index in [2.05, 4.69) is 12.2 Å². The maximum absolute atomic E-state index is 11.7. The summed E-state index contributed by atoms with van der Waals surface area (Å²) in [7, 11) is -1.12. The zero-order chi connectivity index (χ0) is 15.5. The van der Waals surface area contributed by atoms with Crippen LogP contribution in [0.5, 0.6) is 0 Å². The standard InChI is InChI=1S/C15H26N2O3S/c1-4-15-13(7-9-20-15)14(16-2)10-12-6-5-8-17(11-12)21(3,18)19/h7,9,12,14,16H,4-6,8,10-11H2,1-3H3. The Kier molecular flexibility index (Phi) is 5.46. The van der Waals surface area contributed by atoms with E-state index in [-0.39, 0.29) is 6.04 Å². The summed E-state index contributed by atoms with van der Waals surface area (Å²) >= 11 is 0. The molecule has 1 aromatic heterocycles. The van der Waals surface area contributed by atoms with Gasteiger partial charge < -0.3 is 9.73 Å². The summed E-state index contributed by atoms with van der Waals surface area (Å²) in [6, 6.07) is 2.25. The molecule has 1 fully saturated rings. The van der Waals surface area contributed by atoms with Crippen LogP contribution in [0.4, 0.5) is 0 Å². The van der Waals surface area contributed by atoms with Crippen LogP contribution in [0.1, 0.15) is 43.6 Å². The maximum Gasteiger partial charge on any atom is 0.211 e. The zero-order valence-electron chi connectivity index (χ0n) is 13.1. The first-order valence-electron chi connectivity index (χ1n) is 7.64. The monoisotopic (exact) mass is 314 g/mol. The SMILES string of the molecule is CCc1occc1C(CC1CCCN(S(C)(=O)=O)C1)NC. The molecule has 0 saturated carbocycles. The third-order valence-electron chi connectivity index (χ3n) is 4.34. The third kappa shape index (κ3) is 4.08. The van der Waals surface area contributed by atoms with Crippen molar-refractivity contribution in [1.29, 1.82) is 0 Å². The van der Waals surface area contributed by atoms with Gasteiger partial charge in [0.05, 0.1) is 12.5 Å². The number of rotatable bonds is 6. The molecule has 21 heavy (non-hydrogen) atoms. The number of furan rings is 1. The number of piperidine rings is 1. The van der Waals surface area contributed by atoms with Crippen LogP contribution in [0.15, 0.2) is 16.7 Å². The summed E-state index contributed by atoms with van der Waals surface area (Å²) in [5, 5.41) is 3.35. The molecule has 2 rings (SSSR count). The minimum absolute atomic E-state index is 0.225. The number of sulfonamides is 1. The Morgan fingerprint density at radius 3 is 2.90 bits per heavy atom. The van der Waals surface area contributed by atoms with Crippen molar-refractivity contribution in [3.8, 4) is 0 Å². The first-order valence-corrected chi connectivity index (χ1v) is 9.49. The van der Waals surface area contributed by atoms with Crippen molar-refractivity contribution >= 4 is 10.0 Å². The highest BCUT2D eigenvalue weighted by Gasteiger charge is 2.28. The molecular formula is C15H26N2O3S. The Morgan fingerprint density at radius 1 is 1.52 bits per heavy atom. The Bertz CT molecular complexity index is 553. The van der Waals surface area contributed by atoms with Gasteiger partial charge in [-0.3, -0.25) is 0 Å². The van der Waals surface area contributed by atoms with Crippen molar-refractivity contribution in [2.45, 2.75) is 38.6 Å². The highest BCUT2D eigenvalue weighted by molar-refractivity contribution is 7.88. The lowest BCUT2D eigenvalue weighted by Gasteiger charge is -2.33. The predicted octanol–water partition coefficient (Wildman–Crippen LogP) is 2.16. The van der Waals surface area contributed by atoms with Crippen molar-refractivity contribution < 1.29 is 12.8 Å². The van der Waals surface area contributed by atoms with Gasteiger partial charge in [-0.05, 0) is 38.3 Å². The molecule has 1 aliphatic heterocycles. The first kappa shape index (κ1) is 16.5. The fourth-order valence-electron chi connectivity index (χ4n) is 3.20. The van der Waals surface area contributed by atoms with Gasteiger partial charge in [0.1, 0.15) is 5.76 Å². The molecule has 1 aromatic rings. The topological polar surface area (TPSA) is 62.6 Å². The van der Waals surface area contributed by atoms with E-state index >= 15 is 0 Å². The van der Waals surface area contributed by atoms with Gasteiger partial charge in [-0.2, -0.15) is 0 Å². The van der Waals surface area contributed by atoms with Crippen LogP contribution in [0.2, 0.25) is 0 Å². The molecule has 0 amide bonds. The molecule has 0 aliphatic carbocycles. The average Bonchev–Trinajstić information content (AvgIpc) is 2.92. The fourth-order valence-corrected chi connectivity index (χ4v) is 4.14. The number of aryl methyl sites for hydroxylation is 1. The van der Waals surface area contributed by atoms with Gasteiger partial charge in [0.25, 0.3) is 0 Å². The lowest BCUT2D eigenvalue weighted by Crippen LogP contribution is -2.40. The van der Waals surface area contributed by atoms with Gasteiger partial charge in [-0.25, -0.2) is 12.7 Å². The van der Waals surface area contributed by atoms with Gasteiger partial charge >= 0.3 is 0 Å². The molecule has 0 bridgehead atoms. The normalized spacial score (nSPS) is 22.3. The highest BCUT2D eigenvalue weighted by Crippen LogP contribution is 2.30. The quantitative estimate of drug-likeness (QED) is 0.874. The van der Waals surface area contributed by atoms with E-state index < -0.39 is 10.0 Å². The number of nitrogens with zero attached hydrogens (tertiary/aromatic N) is 1. The van der Waals surface area contributed by atoms with E-state index in [0.717, 1.165) is 31.4 Å². The van der Waals surface area contributed by atoms with E-state index in [0.29, 0.717) is 19.0 Å². The molecule has 1 aliphatic rings. The number of nitrogens with one attached hydrogen (secondary N) is 1. The van der Waals surface area contributed by atoms with Crippen LogP contribution >= 0.6 is 0 Å². The van der Waals surface area contributed by atoms with Crippen LogP contribution in [0, 0.1) is 5.92 Å². The molecule has 0 spiro atoms. The van der Waals surface area contributed by atoms with E-state index in [9.17, 15) is 8.42 Å². The van der Waals surface area contributed by atoms with Gasteiger partial charge in [0.15, 0.2) is 0 Å². The Morgan fingerprint density at radius 2 is 2.29 bits per heavy atom. The van der Waals surface area contributed by atoms with Crippen LogP contribution in [-0.4, -0.2) is 39.1 Å². The summed E-state index contributed by atoms with van der Waals surface area (Å²) in [5.74, 6) is 1.41. The molecule has 120 valence electrons. The second-order valence-electron chi connectivity index (χ2n) is 5.86. The molecule has 0 aromatic carbocycles. The van der Waals surface area contributed by atoms with Gasteiger partial charge in [-0.15, -0.1) is 0 Å². The highest BCUT2D eigenvalue weighted by atomic mass is 32.2. The largest absolute Gasteiger partial charge is 0.469 e. The van der Waals surface area contributed by atoms with Crippen molar-refractivity contribution in [1.82, 2.24) is 9.62 Å². The van der Waals surface area contributed by atoms with E-state index in [1.165, 1.54) is 11.8 Å². The molecule has 1 N–H and O–H groups in total. The van der Waals surface area contributed by atoms with Crippen molar-refractivity contribution in [2.75, 3.05) is 26.4 Å². The number of hydrogen-bond acceptors (Lipinski definition) is 4. The Hall–Kier alpha value is -0.850. The van der Waals surface area contributed by atoms with E-state index in [1.54, 1.807) is 10.6 Å². The van der Waals surface area contributed by atoms with Crippen LogP contribution < -0.4 is 5.32 Å². The fraction of sp³-hybridized carbons (Fsp3) is 0.733. The molecule has 1 saturated heterocycles. The van der Waals surface area contributed by atoms with Crippen LogP contribution in [0.25, 0.3) is 0 Å². The third-order valence-corrected chi connectivity index (χ3v) is 5.61. The average molecular weight is 314 g/mol. The molecule has 6 heteroatoms. The summed E-state index contributed by atoms with van der Waals surface area (Å²) in [4.78, 5) is 0. The summed E-state index contributed by atoms with van der Waals surface area (Å²) in [5.41, 5.74) is 1.21.